The van der Waals surface area contributed by atoms with Gasteiger partial charge in [-0.1, -0.05) is 12.1 Å². The second-order valence-electron chi connectivity index (χ2n) is 7.78. The van der Waals surface area contributed by atoms with Gasteiger partial charge in [-0.05, 0) is 75.3 Å². The standard InChI is InChI=1S/C24H26N4O/c1-14-10-11-20(29-4)16(3)21(14)24-22(26)18(13-25)19-12-15(2)23(27-28(19)24)17-8-6-5-7-9-17/h8,10-12H,5-7,9,26H2,1-4H3. The molecule has 0 spiro atoms. The molecule has 5 heteroatoms. The summed E-state index contributed by atoms with van der Waals surface area (Å²) in [6.45, 7) is 6.13. The fraction of sp³-hybridized carbons (Fsp3) is 0.333. The third-order valence-electron chi connectivity index (χ3n) is 5.93. The molecule has 1 aliphatic rings. The number of methoxy groups -OCH3 is 1. The second-order valence-corrected chi connectivity index (χ2v) is 7.78. The van der Waals surface area contributed by atoms with E-state index in [4.69, 9.17) is 15.6 Å². The van der Waals surface area contributed by atoms with E-state index in [1.807, 2.05) is 36.6 Å². The summed E-state index contributed by atoms with van der Waals surface area (Å²) in [5, 5.41) is 14.8. The first kappa shape index (κ1) is 19.1. The van der Waals surface area contributed by atoms with Gasteiger partial charge in [0.1, 0.15) is 17.4 Å². The molecule has 2 N–H and O–H groups in total. The summed E-state index contributed by atoms with van der Waals surface area (Å²) in [5.41, 5.74) is 15.4. The smallest absolute Gasteiger partial charge is 0.122 e. The van der Waals surface area contributed by atoms with E-state index in [0.717, 1.165) is 57.7 Å². The number of allylic oxidation sites excluding steroid dienone is 2. The zero-order valence-electron chi connectivity index (χ0n) is 17.5. The average molecular weight is 386 g/mol. The number of rotatable bonds is 3. The highest BCUT2D eigenvalue weighted by Crippen LogP contribution is 2.40. The lowest BCUT2D eigenvalue weighted by Crippen LogP contribution is -2.05. The average Bonchev–Trinajstić information content (AvgIpc) is 2.98. The van der Waals surface area contributed by atoms with Crippen molar-refractivity contribution in [2.24, 2.45) is 0 Å². The quantitative estimate of drug-likeness (QED) is 0.658. The van der Waals surface area contributed by atoms with Crippen LogP contribution in [-0.4, -0.2) is 16.7 Å². The van der Waals surface area contributed by atoms with E-state index in [1.165, 1.54) is 18.4 Å². The molecule has 5 nitrogen and oxygen atoms in total. The molecule has 2 aromatic heterocycles. The molecule has 1 aromatic carbocycles. The highest BCUT2D eigenvalue weighted by molar-refractivity contribution is 5.90. The molecule has 0 radical (unpaired) electrons. The van der Waals surface area contributed by atoms with Crippen LogP contribution in [0.3, 0.4) is 0 Å². The first-order chi connectivity index (χ1) is 14.0. The fourth-order valence-corrected chi connectivity index (χ4v) is 4.43. The molecule has 0 atom stereocenters. The minimum absolute atomic E-state index is 0.466. The molecule has 0 unspecified atom stereocenters. The van der Waals surface area contributed by atoms with E-state index >= 15 is 0 Å². The summed E-state index contributed by atoms with van der Waals surface area (Å²) >= 11 is 0. The van der Waals surface area contributed by atoms with E-state index < -0.39 is 0 Å². The number of hydrogen-bond acceptors (Lipinski definition) is 4. The van der Waals surface area contributed by atoms with Gasteiger partial charge < -0.3 is 10.5 Å². The Kier molecular flexibility index (Phi) is 4.79. The molecule has 0 fully saturated rings. The largest absolute Gasteiger partial charge is 0.496 e. The number of nitrogen functional groups attached to an aromatic ring is 1. The van der Waals surface area contributed by atoms with Crippen molar-refractivity contribution >= 4 is 16.8 Å². The van der Waals surface area contributed by atoms with E-state index in [9.17, 15) is 5.26 Å². The van der Waals surface area contributed by atoms with Crippen molar-refractivity contribution in [1.82, 2.24) is 9.61 Å². The Morgan fingerprint density at radius 1 is 1.17 bits per heavy atom. The molecule has 29 heavy (non-hydrogen) atoms. The van der Waals surface area contributed by atoms with Crippen molar-refractivity contribution in [3.63, 3.8) is 0 Å². The van der Waals surface area contributed by atoms with E-state index in [2.05, 4.69) is 19.1 Å². The van der Waals surface area contributed by atoms with E-state index in [0.29, 0.717) is 11.3 Å². The van der Waals surface area contributed by atoms with E-state index in [1.54, 1.807) is 7.11 Å². The van der Waals surface area contributed by atoms with Crippen molar-refractivity contribution in [3.05, 3.63) is 52.2 Å². The van der Waals surface area contributed by atoms with Crippen LogP contribution in [-0.2, 0) is 0 Å². The lowest BCUT2D eigenvalue weighted by molar-refractivity contribution is 0.412. The summed E-state index contributed by atoms with van der Waals surface area (Å²) in [5.74, 6) is 0.792. The monoisotopic (exact) mass is 386 g/mol. The summed E-state index contributed by atoms with van der Waals surface area (Å²) < 4.78 is 7.40. The molecule has 0 bridgehead atoms. The number of aryl methyl sites for hydroxylation is 2. The first-order valence-electron chi connectivity index (χ1n) is 10.0. The van der Waals surface area contributed by atoms with Crippen LogP contribution in [0, 0.1) is 32.1 Å². The lowest BCUT2D eigenvalue weighted by atomic mass is 9.95. The van der Waals surface area contributed by atoms with Gasteiger partial charge in [0.25, 0.3) is 0 Å². The number of aromatic nitrogens is 2. The highest BCUT2D eigenvalue weighted by atomic mass is 16.5. The van der Waals surface area contributed by atoms with Gasteiger partial charge in [0.15, 0.2) is 0 Å². The zero-order chi connectivity index (χ0) is 20.7. The van der Waals surface area contributed by atoms with Gasteiger partial charge in [0, 0.05) is 11.1 Å². The van der Waals surface area contributed by atoms with Crippen molar-refractivity contribution in [2.45, 2.75) is 46.5 Å². The molecule has 0 aliphatic heterocycles. The minimum Gasteiger partial charge on any atom is -0.496 e. The van der Waals surface area contributed by atoms with Gasteiger partial charge in [-0.3, -0.25) is 0 Å². The number of fused-ring (bicyclic) bond motifs is 1. The number of nitrogens with zero attached hydrogens (tertiary/aromatic N) is 3. The van der Waals surface area contributed by atoms with Crippen molar-refractivity contribution in [1.29, 1.82) is 5.26 Å². The van der Waals surface area contributed by atoms with Crippen molar-refractivity contribution in [3.8, 4) is 23.1 Å². The Hall–Kier alpha value is -3.26. The molecule has 0 amide bonds. The molecular formula is C24H26N4O. The number of hydrogen-bond donors (Lipinski definition) is 1. The van der Waals surface area contributed by atoms with Crippen LogP contribution >= 0.6 is 0 Å². The topological polar surface area (TPSA) is 76.3 Å². The van der Waals surface area contributed by atoms with Gasteiger partial charge in [-0.25, -0.2) is 4.52 Å². The van der Waals surface area contributed by atoms with E-state index in [-0.39, 0.29) is 0 Å². The number of nitriles is 1. The van der Waals surface area contributed by atoms with Crippen molar-refractivity contribution in [2.75, 3.05) is 12.8 Å². The predicted molar refractivity (Wildman–Crippen MR) is 117 cm³/mol. The van der Waals surface area contributed by atoms with Crippen LogP contribution < -0.4 is 10.5 Å². The maximum atomic E-state index is 9.82. The minimum atomic E-state index is 0.466. The van der Waals surface area contributed by atoms with Gasteiger partial charge in [0.2, 0.25) is 0 Å². The van der Waals surface area contributed by atoms with Crippen LogP contribution in [0.1, 0.15) is 53.6 Å². The van der Waals surface area contributed by atoms with Crippen LogP contribution in [0.2, 0.25) is 0 Å². The molecule has 2 heterocycles. The van der Waals surface area contributed by atoms with Gasteiger partial charge in [0.05, 0.1) is 29.7 Å². The normalized spacial score (nSPS) is 14.0. The number of ether oxygens (including phenoxy) is 1. The Labute approximate surface area is 171 Å². The molecular weight excluding hydrogens is 360 g/mol. The summed E-state index contributed by atoms with van der Waals surface area (Å²) in [4.78, 5) is 0. The van der Waals surface area contributed by atoms with Gasteiger partial charge in [-0.2, -0.15) is 10.4 Å². The van der Waals surface area contributed by atoms with Gasteiger partial charge >= 0.3 is 0 Å². The maximum absolute atomic E-state index is 9.82. The van der Waals surface area contributed by atoms with Crippen LogP contribution in [0.4, 0.5) is 5.69 Å². The summed E-state index contributed by atoms with van der Waals surface area (Å²) in [7, 11) is 1.66. The Balaban J connectivity index is 2.09. The molecule has 0 saturated carbocycles. The Morgan fingerprint density at radius 2 is 1.97 bits per heavy atom. The molecule has 3 aromatic rings. The predicted octanol–water partition coefficient (Wildman–Crippen LogP) is 5.35. The first-order valence-corrected chi connectivity index (χ1v) is 10.0. The molecule has 4 rings (SSSR count). The third kappa shape index (κ3) is 2.96. The molecule has 1 aliphatic carbocycles. The van der Waals surface area contributed by atoms with Crippen LogP contribution in [0.25, 0.3) is 22.3 Å². The lowest BCUT2D eigenvalue weighted by Gasteiger charge is -2.17. The SMILES string of the molecule is COc1ccc(C)c(-c2c(N)c(C#N)c3cc(C)c(C4=CCCCC4)nn23)c1C. The Morgan fingerprint density at radius 3 is 2.62 bits per heavy atom. The number of benzene rings is 1. The van der Waals surface area contributed by atoms with Crippen LogP contribution in [0.5, 0.6) is 5.75 Å². The Bertz CT molecular complexity index is 1190. The third-order valence-corrected chi connectivity index (χ3v) is 5.93. The van der Waals surface area contributed by atoms with Crippen molar-refractivity contribution < 1.29 is 4.74 Å². The number of nitrogens with two attached hydrogens (primary N) is 1. The van der Waals surface area contributed by atoms with Gasteiger partial charge in [-0.15, -0.1) is 0 Å². The fourth-order valence-electron chi connectivity index (χ4n) is 4.43. The summed E-state index contributed by atoms with van der Waals surface area (Å²) in [6, 6.07) is 8.31. The highest BCUT2D eigenvalue weighted by Gasteiger charge is 2.24. The second kappa shape index (κ2) is 7.29. The zero-order valence-corrected chi connectivity index (χ0v) is 17.5. The van der Waals surface area contributed by atoms with Crippen LogP contribution in [0.15, 0.2) is 24.3 Å². The maximum Gasteiger partial charge on any atom is 0.122 e. The molecule has 148 valence electrons. The number of anilines is 1. The molecule has 0 saturated heterocycles. The summed E-state index contributed by atoms with van der Waals surface area (Å²) in [6.07, 6.45) is 6.83.